The first-order chi connectivity index (χ1) is 12.4. The van der Waals surface area contributed by atoms with Gasteiger partial charge in [-0.2, -0.15) is 9.78 Å². The van der Waals surface area contributed by atoms with Gasteiger partial charge < -0.3 is 14.5 Å². The SMILES string of the molecule is CN(C)CC1CN(c2cnn(-c3ccc(F)cc3F)c(=O)c2Cl)CCO1. The van der Waals surface area contributed by atoms with Gasteiger partial charge in [-0.3, -0.25) is 4.79 Å². The maximum absolute atomic E-state index is 14.0. The smallest absolute Gasteiger partial charge is 0.292 e. The molecule has 1 aliphatic rings. The van der Waals surface area contributed by atoms with Crippen LogP contribution in [0.2, 0.25) is 5.02 Å². The van der Waals surface area contributed by atoms with E-state index in [1.807, 2.05) is 23.9 Å². The van der Waals surface area contributed by atoms with Gasteiger partial charge in [0.2, 0.25) is 0 Å². The number of halogens is 3. The molecule has 2 aromatic rings. The Hall–Kier alpha value is -2.03. The number of ether oxygens (including phenoxy) is 1. The molecule has 1 aromatic carbocycles. The first kappa shape index (κ1) is 18.8. The van der Waals surface area contributed by atoms with E-state index in [1.54, 1.807) is 0 Å². The minimum atomic E-state index is -0.888. The van der Waals surface area contributed by atoms with Crippen molar-refractivity contribution in [3.63, 3.8) is 0 Å². The van der Waals surface area contributed by atoms with E-state index in [0.29, 0.717) is 31.5 Å². The van der Waals surface area contributed by atoms with Crippen LogP contribution in [0, 0.1) is 11.6 Å². The fraction of sp³-hybridized carbons (Fsp3) is 0.412. The molecular weight excluding hydrogens is 366 g/mol. The minimum absolute atomic E-state index is 0.0215. The van der Waals surface area contributed by atoms with Crippen LogP contribution in [-0.4, -0.2) is 61.1 Å². The summed E-state index contributed by atoms with van der Waals surface area (Å²) in [6.45, 7) is 2.37. The van der Waals surface area contributed by atoms with Crippen molar-refractivity contribution in [1.29, 1.82) is 0 Å². The van der Waals surface area contributed by atoms with Crippen molar-refractivity contribution < 1.29 is 13.5 Å². The zero-order valence-electron chi connectivity index (χ0n) is 14.5. The normalized spacial score (nSPS) is 17.8. The van der Waals surface area contributed by atoms with Crippen LogP contribution in [0.3, 0.4) is 0 Å². The lowest BCUT2D eigenvalue weighted by molar-refractivity contribution is 0.0247. The molecule has 26 heavy (non-hydrogen) atoms. The van der Waals surface area contributed by atoms with Crippen molar-refractivity contribution in [3.8, 4) is 5.69 Å². The third-order valence-electron chi connectivity index (χ3n) is 4.09. The molecule has 0 bridgehead atoms. The van der Waals surface area contributed by atoms with Crippen LogP contribution in [0.1, 0.15) is 0 Å². The van der Waals surface area contributed by atoms with Gasteiger partial charge in [0.05, 0.1) is 24.6 Å². The summed E-state index contributed by atoms with van der Waals surface area (Å²) < 4.78 is 33.6. The van der Waals surface area contributed by atoms with E-state index in [0.717, 1.165) is 23.4 Å². The van der Waals surface area contributed by atoms with Crippen LogP contribution >= 0.6 is 11.6 Å². The molecular formula is C17H19ClF2N4O2. The molecule has 0 aliphatic carbocycles. The van der Waals surface area contributed by atoms with Crippen LogP contribution in [0.5, 0.6) is 0 Å². The molecule has 1 unspecified atom stereocenters. The van der Waals surface area contributed by atoms with Crippen molar-refractivity contribution in [3.05, 3.63) is 51.4 Å². The Balaban J connectivity index is 1.91. The first-order valence-electron chi connectivity index (χ1n) is 8.11. The molecule has 0 amide bonds. The minimum Gasteiger partial charge on any atom is -0.373 e. The van der Waals surface area contributed by atoms with E-state index < -0.39 is 17.2 Å². The summed E-state index contributed by atoms with van der Waals surface area (Å²) in [7, 11) is 3.91. The van der Waals surface area contributed by atoms with Crippen molar-refractivity contribution >= 4 is 17.3 Å². The summed E-state index contributed by atoms with van der Waals surface area (Å²) in [5.41, 5.74) is -0.342. The predicted molar refractivity (Wildman–Crippen MR) is 95.3 cm³/mol. The van der Waals surface area contributed by atoms with Crippen LogP contribution in [0.4, 0.5) is 14.5 Å². The first-order valence-corrected chi connectivity index (χ1v) is 8.49. The number of morpholine rings is 1. The zero-order chi connectivity index (χ0) is 18.8. The molecule has 0 saturated carbocycles. The molecule has 9 heteroatoms. The number of likely N-dealkylation sites (N-methyl/N-ethyl adjacent to an activating group) is 1. The highest BCUT2D eigenvalue weighted by atomic mass is 35.5. The van der Waals surface area contributed by atoms with E-state index >= 15 is 0 Å². The second-order valence-corrected chi connectivity index (χ2v) is 6.74. The highest BCUT2D eigenvalue weighted by Crippen LogP contribution is 2.24. The molecule has 0 N–H and O–H groups in total. The number of hydrogen-bond donors (Lipinski definition) is 0. The summed E-state index contributed by atoms with van der Waals surface area (Å²) in [6.07, 6.45) is 1.40. The van der Waals surface area contributed by atoms with Gasteiger partial charge in [0, 0.05) is 25.7 Å². The van der Waals surface area contributed by atoms with E-state index in [9.17, 15) is 13.6 Å². The van der Waals surface area contributed by atoms with Crippen molar-refractivity contribution in [2.75, 3.05) is 45.2 Å². The number of rotatable bonds is 4. The highest BCUT2D eigenvalue weighted by Gasteiger charge is 2.25. The molecule has 1 aliphatic heterocycles. The van der Waals surface area contributed by atoms with E-state index in [2.05, 4.69) is 5.10 Å². The fourth-order valence-corrected chi connectivity index (χ4v) is 3.17. The molecule has 140 valence electrons. The second-order valence-electron chi connectivity index (χ2n) is 6.36. The van der Waals surface area contributed by atoms with Gasteiger partial charge in [-0.05, 0) is 26.2 Å². The molecule has 2 heterocycles. The summed E-state index contributed by atoms with van der Waals surface area (Å²) in [6, 6.07) is 2.90. The number of benzene rings is 1. The maximum Gasteiger partial charge on any atom is 0.292 e. The van der Waals surface area contributed by atoms with Gasteiger partial charge in [0.25, 0.3) is 5.56 Å². The lowest BCUT2D eigenvalue weighted by Crippen LogP contribution is -2.47. The quantitative estimate of drug-likeness (QED) is 0.806. The van der Waals surface area contributed by atoms with E-state index in [-0.39, 0.29) is 16.8 Å². The average molecular weight is 385 g/mol. The Morgan fingerprint density at radius 3 is 2.81 bits per heavy atom. The van der Waals surface area contributed by atoms with Gasteiger partial charge in [0.1, 0.15) is 16.5 Å². The molecule has 0 radical (unpaired) electrons. The average Bonchev–Trinajstić information content (AvgIpc) is 2.57. The molecule has 6 nitrogen and oxygen atoms in total. The Morgan fingerprint density at radius 1 is 1.35 bits per heavy atom. The topological polar surface area (TPSA) is 50.6 Å². The molecule has 0 spiro atoms. The number of nitrogens with zero attached hydrogens (tertiary/aromatic N) is 4. The molecule has 1 atom stereocenters. The van der Waals surface area contributed by atoms with Crippen LogP contribution in [0.15, 0.2) is 29.2 Å². The molecule has 1 fully saturated rings. The summed E-state index contributed by atoms with van der Waals surface area (Å²) in [4.78, 5) is 16.5. The number of aromatic nitrogens is 2. The summed E-state index contributed by atoms with van der Waals surface area (Å²) >= 11 is 6.26. The van der Waals surface area contributed by atoms with Gasteiger partial charge in [-0.1, -0.05) is 11.6 Å². The van der Waals surface area contributed by atoms with Gasteiger partial charge >= 0.3 is 0 Å². The van der Waals surface area contributed by atoms with Crippen molar-refractivity contribution in [2.24, 2.45) is 0 Å². The lowest BCUT2D eigenvalue weighted by atomic mass is 10.2. The zero-order valence-corrected chi connectivity index (χ0v) is 15.2. The maximum atomic E-state index is 14.0. The molecule has 1 aromatic heterocycles. The van der Waals surface area contributed by atoms with Crippen LogP contribution < -0.4 is 10.5 Å². The van der Waals surface area contributed by atoms with Crippen LogP contribution in [0.25, 0.3) is 5.69 Å². The summed E-state index contributed by atoms with van der Waals surface area (Å²) in [5.74, 6) is -1.62. The van der Waals surface area contributed by atoms with Gasteiger partial charge in [-0.15, -0.1) is 0 Å². The standard InChI is InChI=1S/C17H19ClF2N4O2/c1-22(2)9-12-10-23(5-6-26-12)15-8-21-24(17(25)16(15)18)14-4-3-11(19)7-13(14)20/h3-4,7-8,12H,5-6,9-10H2,1-2H3. The third-order valence-corrected chi connectivity index (χ3v) is 4.44. The highest BCUT2D eigenvalue weighted by molar-refractivity contribution is 6.33. The Morgan fingerprint density at radius 2 is 2.12 bits per heavy atom. The monoisotopic (exact) mass is 384 g/mol. The van der Waals surface area contributed by atoms with Gasteiger partial charge in [0.15, 0.2) is 5.82 Å². The number of anilines is 1. The third kappa shape index (κ3) is 3.87. The largest absolute Gasteiger partial charge is 0.373 e. The van der Waals surface area contributed by atoms with E-state index in [1.165, 1.54) is 6.20 Å². The Kier molecular flexibility index (Phi) is 5.55. The van der Waals surface area contributed by atoms with E-state index in [4.69, 9.17) is 16.3 Å². The predicted octanol–water partition coefficient (Wildman–Crippen LogP) is 1.93. The number of hydrogen-bond acceptors (Lipinski definition) is 5. The Bertz CT molecular complexity index is 859. The van der Waals surface area contributed by atoms with Crippen molar-refractivity contribution in [1.82, 2.24) is 14.7 Å². The summed E-state index contributed by atoms with van der Waals surface area (Å²) in [5, 5.41) is 3.96. The molecule has 1 saturated heterocycles. The Labute approximate surface area is 154 Å². The molecule has 3 rings (SSSR count). The van der Waals surface area contributed by atoms with Crippen molar-refractivity contribution in [2.45, 2.75) is 6.10 Å². The van der Waals surface area contributed by atoms with Gasteiger partial charge in [-0.25, -0.2) is 8.78 Å². The lowest BCUT2D eigenvalue weighted by Gasteiger charge is -2.35. The fourth-order valence-electron chi connectivity index (χ4n) is 2.93. The van der Waals surface area contributed by atoms with Crippen LogP contribution in [-0.2, 0) is 4.74 Å². The second kappa shape index (κ2) is 7.69.